The van der Waals surface area contributed by atoms with Crippen LogP contribution in [0.25, 0.3) is 10.4 Å². The number of hydrogen-bond donors (Lipinski definition) is 2. The molecule has 3 N–H and O–H groups in total. The molecule has 0 aliphatic carbocycles. The number of ether oxygens (including phenoxy) is 1. The molecular formula is C19H18N2O2S. The SMILES string of the molecule is COc1ccc(NC(=O)c2c(N)sc(-c3ccccc3)c2C)cc1. The van der Waals surface area contributed by atoms with E-state index < -0.39 is 0 Å². The van der Waals surface area contributed by atoms with E-state index in [1.165, 1.54) is 11.3 Å². The molecule has 0 spiro atoms. The van der Waals surface area contributed by atoms with Crippen molar-refractivity contribution >= 4 is 27.9 Å². The third-order valence-corrected chi connectivity index (χ3v) is 4.95. The zero-order valence-electron chi connectivity index (χ0n) is 13.5. The number of anilines is 2. The Balaban J connectivity index is 1.88. The standard InChI is InChI=1S/C19H18N2O2S/c1-12-16(18(20)24-17(12)13-6-4-3-5-7-13)19(22)21-14-8-10-15(23-2)11-9-14/h3-11H,20H2,1-2H3,(H,21,22). The summed E-state index contributed by atoms with van der Waals surface area (Å²) in [7, 11) is 1.61. The molecule has 2 aromatic carbocycles. The van der Waals surface area contributed by atoms with E-state index in [2.05, 4.69) is 5.32 Å². The summed E-state index contributed by atoms with van der Waals surface area (Å²) in [4.78, 5) is 13.7. The molecule has 0 unspecified atom stereocenters. The number of methoxy groups -OCH3 is 1. The van der Waals surface area contributed by atoms with Crippen molar-refractivity contribution in [3.8, 4) is 16.2 Å². The molecule has 0 fully saturated rings. The maximum atomic E-state index is 12.6. The lowest BCUT2D eigenvalue weighted by Crippen LogP contribution is -2.13. The van der Waals surface area contributed by atoms with Crippen molar-refractivity contribution < 1.29 is 9.53 Å². The molecule has 0 saturated heterocycles. The molecule has 0 saturated carbocycles. The predicted molar refractivity (Wildman–Crippen MR) is 99.9 cm³/mol. The van der Waals surface area contributed by atoms with E-state index in [0.29, 0.717) is 16.3 Å². The molecule has 0 bridgehead atoms. The molecule has 0 aliphatic rings. The van der Waals surface area contributed by atoms with Gasteiger partial charge in [-0.3, -0.25) is 4.79 Å². The first-order valence-corrected chi connectivity index (χ1v) is 8.31. The van der Waals surface area contributed by atoms with E-state index in [1.54, 1.807) is 31.4 Å². The first-order valence-electron chi connectivity index (χ1n) is 7.50. The third-order valence-electron chi connectivity index (χ3n) is 3.78. The van der Waals surface area contributed by atoms with E-state index in [4.69, 9.17) is 10.5 Å². The topological polar surface area (TPSA) is 64.3 Å². The van der Waals surface area contributed by atoms with E-state index in [9.17, 15) is 4.79 Å². The zero-order chi connectivity index (χ0) is 17.1. The van der Waals surface area contributed by atoms with Gasteiger partial charge in [0, 0.05) is 10.6 Å². The average molecular weight is 338 g/mol. The molecule has 1 aromatic heterocycles. The Labute approximate surface area is 144 Å². The van der Waals surface area contributed by atoms with Crippen molar-refractivity contribution in [1.29, 1.82) is 0 Å². The highest BCUT2D eigenvalue weighted by Gasteiger charge is 2.20. The molecule has 3 rings (SSSR count). The van der Waals surface area contributed by atoms with Crippen LogP contribution in [0.15, 0.2) is 54.6 Å². The van der Waals surface area contributed by atoms with Crippen molar-refractivity contribution in [2.75, 3.05) is 18.2 Å². The van der Waals surface area contributed by atoms with Gasteiger partial charge in [0.15, 0.2) is 0 Å². The average Bonchev–Trinajstić information content (AvgIpc) is 2.91. The van der Waals surface area contributed by atoms with Crippen molar-refractivity contribution in [3.05, 3.63) is 65.7 Å². The number of rotatable bonds is 4. The Kier molecular flexibility index (Phi) is 4.53. The van der Waals surface area contributed by atoms with Crippen LogP contribution in [0, 0.1) is 6.92 Å². The van der Waals surface area contributed by atoms with Crippen molar-refractivity contribution in [3.63, 3.8) is 0 Å². The van der Waals surface area contributed by atoms with Crippen LogP contribution in [0.2, 0.25) is 0 Å². The number of thiophene rings is 1. The van der Waals surface area contributed by atoms with Gasteiger partial charge < -0.3 is 15.8 Å². The first kappa shape index (κ1) is 16.1. The minimum absolute atomic E-state index is 0.200. The van der Waals surface area contributed by atoms with Gasteiger partial charge >= 0.3 is 0 Å². The van der Waals surface area contributed by atoms with Crippen LogP contribution in [0.3, 0.4) is 0 Å². The Morgan fingerprint density at radius 2 is 1.75 bits per heavy atom. The molecule has 0 aliphatic heterocycles. The minimum atomic E-state index is -0.200. The van der Waals surface area contributed by atoms with Crippen molar-refractivity contribution in [1.82, 2.24) is 0 Å². The Morgan fingerprint density at radius 1 is 1.08 bits per heavy atom. The number of carbonyl (C=O) groups is 1. The molecule has 122 valence electrons. The summed E-state index contributed by atoms with van der Waals surface area (Å²) in [6.07, 6.45) is 0. The van der Waals surface area contributed by atoms with Gasteiger partial charge in [0.1, 0.15) is 5.75 Å². The summed E-state index contributed by atoms with van der Waals surface area (Å²) in [6.45, 7) is 1.93. The van der Waals surface area contributed by atoms with Crippen molar-refractivity contribution in [2.45, 2.75) is 6.92 Å². The maximum Gasteiger partial charge on any atom is 0.258 e. The van der Waals surface area contributed by atoms with Gasteiger partial charge in [-0.05, 0) is 42.3 Å². The summed E-state index contributed by atoms with van der Waals surface area (Å²) in [5.74, 6) is 0.541. The third kappa shape index (κ3) is 3.12. The highest BCUT2D eigenvalue weighted by atomic mass is 32.1. The Morgan fingerprint density at radius 3 is 2.38 bits per heavy atom. The molecule has 0 radical (unpaired) electrons. The maximum absolute atomic E-state index is 12.6. The second-order valence-corrected chi connectivity index (χ2v) is 6.40. The summed E-state index contributed by atoms with van der Waals surface area (Å²) in [6, 6.07) is 17.1. The Hall–Kier alpha value is -2.79. The largest absolute Gasteiger partial charge is 0.497 e. The number of carbonyl (C=O) groups excluding carboxylic acids is 1. The number of nitrogens with two attached hydrogens (primary N) is 1. The molecule has 4 nitrogen and oxygen atoms in total. The van der Waals surface area contributed by atoms with Gasteiger partial charge in [0.25, 0.3) is 5.91 Å². The fourth-order valence-electron chi connectivity index (χ4n) is 2.55. The van der Waals surface area contributed by atoms with Gasteiger partial charge in [-0.2, -0.15) is 0 Å². The second-order valence-electron chi connectivity index (χ2n) is 5.34. The summed E-state index contributed by atoms with van der Waals surface area (Å²) in [5, 5.41) is 3.41. The van der Waals surface area contributed by atoms with Crippen LogP contribution in [0.5, 0.6) is 5.75 Å². The first-order chi connectivity index (χ1) is 11.6. The fraction of sp³-hybridized carbons (Fsp3) is 0.105. The lowest BCUT2D eigenvalue weighted by Gasteiger charge is -2.07. The highest BCUT2D eigenvalue weighted by Crippen LogP contribution is 2.38. The zero-order valence-corrected chi connectivity index (χ0v) is 14.3. The van der Waals surface area contributed by atoms with Gasteiger partial charge in [-0.15, -0.1) is 11.3 Å². The van der Waals surface area contributed by atoms with E-state index in [0.717, 1.165) is 21.8 Å². The molecule has 3 aromatic rings. The predicted octanol–water partition coefficient (Wildman–Crippen LogP) is 4.57. The lowest BCUT2D eigenvalue weighted by molar-refractivity contribution is 0.102. The smallest absolute Gasteiger partial charge is 0.258 e. The molecule has 1 heterocycles. The van der Waals surface area contributed by atoms with Crippen LogP contribution >= 0.6 is 11.3 Å². The number of benzene rings is 2. The Bertz CT molecular complexity index is 855. The normalized spacial score (nSPS) is 10.4. The molecule has 0 atom stereocenters. The fourth-order valence-corrected chi connectivity index (χ4v) is 3.63. The second kappa shape index (κ2) is 6.76. The lowest BCUT2D eigenvalue weighted by atomic mass is 10.1. The monoisotopic (exact) mass is 338 g/mol. The van der Waals surface area contributed by atoms with Gasteiger partial charge in [0.05, 0.1) is 17.7 Å². The van der Waals surface area contributed by atoms with Gasteiger partial charge in [0.2, 0.25) is 0 Å². The molecule has 1 amide bonds. The number of nitrogen functional groups attached to an aromatic ring is 1. The van der Waals surface area contributed by atoms with Gasteiger partial charge in [-0.25, -0.2) is 0 Å². The molecule has 24 heavy (non-hydrogen) atoms. The summed E-state index contributed by atoms with van der Waals surface area (Å²) in [5.41, 5.74) is 9.32. The number of hydrogen-bond acceptors (Lipinski definition) is 4. The van der Waals surface area contributed by atoms with Crippen molar-refractivity contribution in [2.24, 2.45) is 0 Å². The highest BCUT2D eigenvalue weighted by molar-refractivity contribution is 7.20. The van der Waals surface area contributed by atoms with Crippen LogP contribution in [0.1, 0.15) is 15.9 Å². The van der Waals surface area contributed by atoms with E-state index in [1.807, 2.05) is 37.3 Å². The summed E-state index contributed by atoms with van der Waals surface area (Å²) < 4.78 is 5.12. The van der Waals surface area contributed by atoms with Crippen LogP contribution < -0.4 is 15.8 Å². The summed E-state index contributed by atoms with van der Waals surface area (Å²) >= 11 is 1.44. The van der Waals surface area contributed by atoms with Gasteiger partial charge in [-0.1, -0.05) is 30.3 Å². The van der Waals surface area contributed by atoms with Crippen LogP contribution in [0.4, 0.5) is 10.7 Å². The molecule has 5 heteroatoms. The van der Waals surface area contributed by atoms with Crippen LogP contribution in [-0.4, -0.2) is 13.0 Å². The van der Waals surface area contributed by atoms with E-state index >= 15 is 0 Å². The number of amides is 1. The van der Waals surface area contributed by atoms with Crippen LogP contribution in [-0.2, 0) is 0 Å². The van der Waals surface area contributed by atoms with E-state index in [-0.39, 0.29) is 5.91 Å². The number of nitrogens with one attached hydrogen (secondary N) is 1. The quantitative estimate of drug-likeness (QED) is 0.732. The molecular weight excluding hydrogens is 320 g/mol. The minimum Gasteiger partial charge on any atom is -0.497 e.